The molecule has 0 bridgehead atoms. The topological polar surface area (TPSA) is 37.4 Å². The quantitative estimate of drug-likeness (QED) is 0.753. The first-order valence-electron chi connectivity index (χ1n) is 6.92. The van der Waals surface area contributed by atoms with Crippen LogP contribution in [0.4, 0.5) is 4.39 Å². The molecule has 3 nitrogen and oxygen atoms in total. The number of amides is 2. The summed E-state index contributed by atoms with van der Waals surface area (Å²) >= 11 is 0. The van der Waals surface area contributed by atoms with Gasteiger partial charge < -0.3 is 0 Å². The summed E-state index contributed by atoms with van der Waals surface area (Å²) < 4.78 is 13.9. The zero-order chi connectivity index (χ0) is 14.6. The number of benzene rings is 2. The van der Waals surface area contributed by atoms with Crippen molar-refractivity contribution in [2.24, 2.45) is 0 Å². The van der Waals surface area contributed by atoms with Crippen LogP contribution in [0.25, 0.3) is 0 Å². The van der Waals surface area contributed by atoms with Gasteiger partial charge in [-0.05, 0) is 36.1 Å². The number of rotatable bonds is 1. The van der Waals surface area contributed by atoms with Crippen LogP contribution in [-0.4, -0.2) is 16.7 Å². The van der Waals surface area contributed by atoms with Crippen molar-refractivity contribution < 1.29 is 14.0 Å². The highest BCUT2D eigenvalue weighted by Crippen LogP contribution is 2.40. The van der Waals surface area contributed by atoms with Crippen molar-refractivity contribution in [2.45, 2.75) is 18.9 Å². The number of nitrogens with zero attached hydrogens (tertiary/aromatic N) is 1. The number of fused-ring (bicyclic) bond motifs is 2. The zero-order valence-corrected chi connectivity index (χ0v) is 11.2. The van der Waals surface area contributed by atoms with Crippen LogP contribution in [0.1, 0.15) is 44.3 Å². The molecule has 21 heavy (non-hydrogen) atoms. The fourth-order valence-corrected chi connectivity index (χ4v) is 3.35. The number of imide groups is 1. The molecule has 0 spiro atoms. The molecule has 0 aromatic heterocycles. The van der Waals surface area contributed by atoms with Gasteiger partial charge in [0.05, 0.1) is 17.2 Å². The van der Waals surface area contributed by atoms with Crippen LogP contribution in [-0.2, 0) is 6.42 Å². The minimum Gasteiger partial charge on any atom is -0.269 e. The number of carbonyl (C=O) groups is 2. The van der Waals surface area contributed by atoms with Gasteiger partial charge in [-0.2, -0.15) is 0 Å². The lowest BCUT2D eigenvalue weighted by atomic mass is 10.1. The summed E-state index contributed by atoms with van der Waals surface area (Å²) in [5, 5.41) is 0. The Bertz CT molecular complexity index is 784. The molecule has 1 heterocycles. The van der Waals surface area contributed by atoms with Gasteiger partial charge in [-0.15, -0.1) is 0 Å². The largest absolute Gasteiger partial charge is 0.269 e. The average molecular weight is 281 g/mol. The minimum absolute atomic E-state index is 0.0909. The normalized spacial score (nSPS) is 19.9. The van der Waals surface area contributed by atoms with Crippen LogP contribution in [0.5, 0.6) is 0 Å². The average Bonchev–Trinajstić information content (AvgIpc) is 3.00. The third kappa shape index (κ3) is 1.59. The van der Waals surface area contributed by atoms with Gasteiger partial charge in [0.15, 0.2) is 0 Å². The van der Waals surface area contributed by atoms with Crippen molar-refractivity contribution in [3.8, 4) is 0 Å². The highest BCUT2D eigenvalue weighted by molar-refractivity contribution is 6.21. The van der Waals surface area contributed by atoms with E-state index in [9.17, 15) is 14.0 Å². The van der Waals surface area contributed by atoms with Gasteiger partial charge in [-0.1, -0.05) is 30.3 Å². The molecule has 4 heteroatoms. The van der Waals surface area contributed by atoms with Gasteiger partial charge in [0.25, 0.3) is 11.8 Å². The van der Waals surface area contributed by atoms with Gasteiger partial charge in [0.1, 0.15) is 5.82 Å². The molecule has 1 unspecified atom stereocenters. The van der Waals surface area contributed by atoms with Crippen LogP contribution in [0.15, 0.2) is 42.5 Å². The molecule has 2 aromatic rings. The summed E-state index contributed by atoms with van der Waals surface area (Å²) in [5.41, 5.74) is 2.23. The smallest absolute Gasteiger partial charge is 0.265 e. The molecule has 2 aliphatic rings. The molecule has 104 valence electrons. The van der Waals surface area contributed by atoms with E-state index in [2.05, 4.69) is 0 Å². The lowest BCUT2D eigenvalue weighted by Crippen LogP contribution is -2.33. The third-order valence-electron chi connectivity index (χ3n) is 4.31. The molecular weight excluding hydrogens is 269 g/mol. The predicted molar refractivity (Wildman–Crippen MR) is 74.4 cm³/mol. The van der Waals surface area contributed by atoms with Crippen LogP contribution < -0.4 is 0 Å². The molecule has 2 aromatic carbocycles. The maximum Gasteiger partial charge on any atom is 0.265 e. The number of hydrogen-bond donors (Lipinski definition) is 0. The Labute approximate surface area is 121 Å². The Kier molecular flexibility index (Phi) is 2.48. The van der Waals surface area contributed by atoms with Crippen molar-refractivity contribution in [3.05, 3.63) is 70.5 Å². The van der Waals surface area contributed by atoms with Crippen LogP contribution in [0, 0.1) is 5.82 Å². The number of aryl methyl sites for hydroxylation is 1. The first-order valence-corrected chi connectivity index (χ1v) is 6.92. The molecule has 0 saturated heterocycles. The molecular formula is C17H12FNO2. The van der Waals surface area contributed by atoms with Gasteiger partial charge in [-0.3, -0.25) is 14.5 Å². The summed E-state index contributed by atoms with van der Waals surface area (Å²) in [6.45, 7) is 0. The summed E-state index contributed by atoms with van der Waals surface area (Å²) in [4.78, 5) is 26.2. The van der Waals surface area contributed by atoms with E-state index in [0.29, 0.717) is 6.42 Å². The van der Waals surface area contributed by atoms with Gasteiger partial charge in [0.2, 0.25) is 0 Å². The Morgan fingerprint density at radius 2 is 1.81 bits per heavy atom. The Morgan fingerprint density at radius 1 is 1.00 bits per heavy atom. The lowest BCUT2D eigenvalue weighted by Gasteiger charge is -2.22. The van der Waals surface area contributed by atoms with Crippen molar-refractivity contribution in [2.75, 3.05) is 0 Å². The van der Waals surface area contributed by atoms with E-state index in [-0.39, 0.29) is 17.2 Å². The standard InChI is InChI=1S/C17H12FNO2/c18-13-7-3-6-12-15(13)17(21)19(16(12)20)14-9-8-10-4-1-2-5-11(10)14/h1-7,14H,8-9H2. The second kappa shape index (κ2) is 4.25. The van der Waals surface area contributed by atoms with E-state index in [1.165, 1.54) is 23.1 Å². The van der Waals surface area contributed by atoms with E-state index >= 15 is 0 Å². The van der Waals surface area contributed by atoms with E-state index in [1.807, 2.05) is 24.3 Å². The number of carbonyl (C=O) groups excluding carboxylic acids is 2. The molecule has 0 N–H and O–H groups in total. The van der Waals surface area contributed by atoms with Crippen molar-refractivity contribution in [1.82, 2.24) is 4.90 Å². The van der Waals surface area contributed by atoms with Gasteiger partial charge >= 0.3 is 0 Å². The maximum absolute atomic E-state index is 13.9. The molecule has 1 aliphatic heterocycles. The molecule has 1 atom stereocenters. The van der Waals surface area contributed by atoms with Crippen LogP contribution in [0.3, 0.4) is 0 Å². The summed E-state index contributed by atoms with van der Waals surface area (Å²) in [7, 11) is 0. The summed E-state index contributed by atoms with van der Waals surface area (Å²) in [5.74, 6) is -1.54. The second-order valence-corrected chi connectivity index (χ2v) is 5.40. The first-order chi connectivity index (χ1) is 10.2. The molecule has 1 aliphatic carbocycles. The van der Waals surface area contributed by atoms with Gasteiger partial charge in [-0.25, -0.2) is 4.39 Å². The highest BCUT2D eigenvalue weighted by atomic mass is 19.1. The predicted octanol–water partition coefficient (Wildman–Crippen LogP) is 3.11. The van der Waals surface area contributed by atoms with Crippen LogP contribution in [0.2, 0.25) is 0 Å². The van der Waals surface area contributed by atoms with Crippen molar-refractivity contribution in [1.29, 1.82) is 0 Å². The van der Waals surface area contributed by atoms with E-state index < -0.39 is 17.6 Å². The molecule has 0 fully saturated rings. The maximum atomic E-state index is 13.9. The molecule has 0 saturated carbocycles. The van der Waals surface area contributed by atoms with E-state index in [1.54, 1.807) is 0 Å². The monoisotopic (exact) mass is 281 g/mol. The SMILES string of the molecule is O=C1c2cccc(F)c2C(=O)N1C1CCc2ccccc21. The Balaban J connectivity index is 1.81. The Hall–Kier alpha value is -2.49. The molecule has 0 radical (unpaired) electrons. The van der Waals surface area contributed by atoms with E-state index in [4.69, 9.17) is 0 Å². The second-order valence-electron chi connectivity index (χ2n) is 5.40. The van der Waals surface area contributed by atoms with Crippen molar-refractivity contribution in [3.63, 3.8) is 0 Å². The highest BCUT2D eigenvalue weighted by Gasteiger charge is 2.43. The molecule has 2 amide bonds. The summed E-state index contributed by atoms with van der Waals surface area (Å²) in [6, 6.07) is 11.7. The minimum atomic E-state index is -0.625. The van der Waals surface area contributed by atoms with E-state index in [0.717, 1.165) is 17.5 Å². The summed E-state index contributed by atoms with van der Waals surface area (Å²) in [6.07, 6.45) is 1.53. The number of hydrogen-bond acceptors (Lipinski definition) is 2. The fraction of sp³-hybridized carbons (Fsp3) is 0.176. The lowest BCUT2D eigenvalue weighted by molar-refractivity contribution is 0.0581. The van der Waals surface area contributed by atoms with Gasteiger partial charge in [0, 0.05) is 0 Å². The van der Waals surface area contributed by atoms with Crippen molar-refractivity contribution >= 4 is 11.8 Å². The van der Waals surface area contributed by atoms with Crippen LogP contribution >= 0.6 is 0 Å². The zero-order valence-electron chi connectivity index (χ0n) is 11.2. The fourth-order valence-electron chi connectivity index (χ4n) is 3.35. The molecule has 4 rings (SSSR count). The number of halogens is 1. The Morgan fingerprint density at radius 3 is 2.62 bits per heavy atom. The first kappa shape index (κ1) is 12.3. The third-order valence-corrected chi connectivity index (χ3v) is 4.31.